The van der Waals surface area contributed by atoms with Crippen LogP contribution in [0, 0.1) is 19.7 Å². The number of rotatable bonds is 6. The number of halogens is 2. The zero-order chi connectivity index (χ0) is 23.3. The zero-order valence-electron chi connectivity index (χ0n) is 20.0. The van der Waals surface area contributed by atoms with Crippen molar-refractivity contribution in [3.63, 3.8) is 0 Å². The van der Waals surface area contributed by atoms with Crippen LogP contribution in [-0.2, 0) is 16.7 Å². The summed E-state index contributed by atoms with van der Waals surface area (Å²) in [5.74, 6) is 0.513. The lowest BCUT2D eigenvalue weighted by atomic mass is 9.74. The van der Waals surface area contributed by atoms with E-state index in [-0.39, 0.29) is 35.2 Å². The van der Waals surface area contributed by atoms with Crippen molar-refractivity contribution in [3.8, 4) is 5.69 Å². The van der Waals surface area contributed by atoms with E-state index in [9.17, 15) is 4.39 Å². The topological polar surface area (TPSA) is 63.5 Å². The fourth-order valence-electron chi connectivity index (χ4n) is 4.53. The Hall–Kier alpha value is -2.46. The molecule has 1 fully saturated rings. The summed E-state index contributed by atoms with van der Waals surface area (Å²) in [5, 5.41) is 11.6. The van der Waals surface area contributed by atoms with Gasteiger partial charge in [0.25, 0.3) is 0 Å². The van der Waals surface area contributed by atoms with Crippen LogP contribution in [0.2, 0.25) is 0 Å². The van der Waals surface area contributed by atoms with Gasteiger partial charge in [-0.3, -0.25) is 4.99 Å². The van der Waals surface area contributed by atoms with Crippen LogP contribution in [0.25, 0.3) is 5.69 Å². The molecule has 3 aromatic rings. The molecule has 182 valence electrons. The maximum atomic E-state index is 13.5. The maximum Gasteiger partial charge on any atom is 0.191 e. The number of aromatic nitrogens is 2. The van der Waals surface area contributed by atoms with Crippen molar-refractivity contribution in [1.29, 1.82) is 0 Å². The molecule has 0 bridgehead atoms. The summed E-state index contributed by atoms with van der Waals surface area (Å²) < 4.78 is 21.1. The third-order valence-electron chi connectivity index (χ3n) is 6.40. The Balaban J connectivity index is 0.00000324. The maximum absolute atomic E-state index is 13.5. The number of para-hydroxylation sites is 1. The van der Waals surface area contributed by atoms with Crippen molar-refractivity contribution in [3.05, 3.63) is 82.9 Å². The van der Waals surface area contributed by atoms with Crippen molar-refractivity contribution in [1.82, 2.24) is 20.4 Å². The first-order chi connectivity index (χ1) is 16.0. The van der Waals surface area contributed by atoms with Gasteiger partial charge in [0.05, 0.1) is 11.4 Å². The second-order valence-corrected chi connectivity index (χ2v) is 8.65. The van der Waals surface area contributed by atoms with E-state index >= 15 is 0 Å². The predicted molar refractivity (Wildman–Crippen MR) is 145 cm³/mol. The van der Waals surface area contributed by atoms with E-state index in [0.717, 1.165) is 47.0 Å². The molecule has 0 spiro atoms. The van der Waals surface area contributed by atoms with Gasteiger partial charge in [-0.1, -0.05) is 30.3 Å². The van der Waals surface area contributed by atoms with Crippen LogP contribution in [0.15, 0.2) is 59.6 Å². The van der Waals surface area contributed by atoms with Crippen LogP contribution in [0.1, 0.15) is 35.4 Å². The summed E-state index contributed by atoms with van der Waals surface area (Å²) in [6, 6.07) is 17.2. The van der Waals surface area contributed by atoms with Gasteiger partial charge in [-0.25, -0.2) is 9.07 Å². The van der Waals surface area contributed by atoms with Gasteiger partial charge in [0.2, 0.25) is 0 Å². The molecule has 8 heteroatoms. The average Bonchev–Trinajstić information content (AvgIpc) is 3.18. The van der Waals surface area contributed by atoms with Crippen LogP contribution in [0.4, 0.5) is 4.39 Å². The lowest BCUT2D eigenvalue weighted by Gasteiger charge is -2.38. The fraction of sp³-hybridized carbons (Fsp3) is 0.385. The van der Waals surface area contributed by atoms with E-state index in [4.69, 9.17) is 4.74 Å². The van der Waals surface area contributed by atoms with Gasteiger partial charge in [0, 0.05) is 44.5 Å². The summed E-state index contributed by atoms with van der Waals surface area (Å²) in [5.41, 5.74) is 5.29. The monoisotopic (exact) mass is 577 g/mol. The molecule has 4 rings (SSSR count). The minimum atomic E-state index is -0.215. The average molecular weight is 577 g/mol. The number of aryl methyl sites for hydroxylation is 2. The Morgan fingerprint density at radius 1 is 1.09 bits per heavy atom. The first kappa shape index (κ1) is 26.2. The predicted octanol–water partition coefficient (Wildman–Crippen LogP) is 4.66. The highest BCUT2D eigenvalue weighted by molar-refractivity contribution is 14.0. The first-order valence-electron chi connectivity index (χ1n) is 11.4. The summed E-state index contributed by atoms with van der Waals surface area (Å²) in [4.78, 5) is 4.43. The Morgan fingerprint density at radius 3 is 2.44 bits per heavy atom. The van der Waals surface area contributed by atoms with E-state index in [0.29, 0.717) is 26.3 Å². The lowest BCUT2D eigenvalue weighted by molar-refractivity contribution is 0.0513. The third kappa shape index (κ3) is 5.96. The van der Waals surface area contributed by atoms with E-state index < -0.39 is 0 Å². The molecule has 0 amide bonds. The van der Waals surface area contributed by atoms with Gasteiger partial charge in [-0.15, -0.1) is 24.0 Å². The van der Waals surface area contributed by atoms with E-state index in [1.807, 2.05) is 35.9 Å². The van der Waals surface area contributed by atoms with Crippen molar-refractivity contribution < 1.29 is 9.13 Å². The van der Waals surface area contributed by atoms with Gasteiger partial charge < -0.3 is 15.4 Å². The number of guanidine groups is 1. The Labute approximate surface area is 218 Å². The quantitative estimate of drug-likeness (QED) is 0.254. The van der Waals surface area contributed by atoms with E-state index in [1.54, 1.807) is 7.05 Å². The van der Waals surface area contributed by atoms with Crippen LogP contribution in [-0.4, -0.2) is 42.5 Å². The number of benzene rings is 2. The van der Waals surface area contributed by atoms with Crippen molar-refractivity contribution in [2.75, 3.05) is 26.8 Å². The summed E-state index contributed by atoms with van der Waals surface area (Å²) in [7, 11) is 1.77. The molecule has 0 aliphatic carbocycles. The molecule has 1 aliphatic rings. The molecule has 2 heterocycles. The van der Waals surface area contributed by atoms with Gasteiger partial charge >= 0.3 is 0 Å². The number of ether oxygens (including phenoxy) is 1. The van der Waals surface area contributed by atoms with Crippen LogP contribution >= 0.6 is 24.0 Å². The largest absolute Gasteiger partial charge is 0.381 e. The van der Waals surface area contributed by atoms with Crippen LogP contribution < -0.4 is 10.6 Å². The molecular formula is C26H33FIN5O. The standard InChI is InChI=1S/C26H32FN5O.HI/c1-19-16-20(2)32(31-19)24-7-5-4-6-21(24)17-29-25(28-3)30-18-26(12-14-33-15-13-26)22-8-10-23(27)11-9-22;/h4-11,16H,12-15,17-18H2,1-3H3,(H2,28,29,30);1H. The van der Waals surface area contributed by atoms with Gasteiger partial charge in [0.15, 0.2) is 5.96 Å². The van der Waals surface area contributed by atoms with Crippen molar-refractivity contribution in [2.24, 2.45) is 4.99 Å². The lowest BCUT2D eigenvalue weighted by Crippen LogP contribution is -2.48. The normalized spacial score (nSPS) is 15.5. The molecule has 0 atom stereocenters. The SMILES string of the molecule is CN=C(NCc1ccccc1-n1nc(C)cc1C)NCC1(c2ccc(F)cc2)CCOCC1.I. The number of aliphatic imine (C=N–C) groups is 1. The Kier molecular flexibility index (Phi) is 9.07. The second kappa shape index (κ2) is 11.8. The van der Waals surface area contributed by atoms with E-state index in [1.165, 1.54) is 12.1 Å². The van der Waals surface area contributed by atoms with Crippen molar-refractivity contribution in [2.45, 2.75) is 38.6 Å². The van der Waals surface area contributed by atoms with Crippen LogP contribution in [0.5, 0.6) is 0 Å². The van der Waals surface area contributed by atoms with Gasteiger partial charge in [0.1, 0.15) is 5.82 Å². The molecule has 1 saturated heterocycles. The third-order valence-corrected chi connectivity index (χ3v) is 6.40. The molecule has 0 saturated carbocycles. The minimum Gasteiger partial charge on any atom is -0.381 e. The molecular weight excluding hydrogens is 544 g/mol. The van der Waals surface area contributed by atoms with E-state index in [2.05, 4.69) is 45.8 Å². The molecule has 6 nitrogen and oxygen atoms in total. The summed E-state index contributed by atoms with van der Waals surface area (Å²) in [6.07, 6.45) is 1.76. The zero-order valence-corrected chi connectivity index (χ0v) is 22.3. The molecule has 2 N–H and O–H groups in total. The Bertz CT molecular complexity index is 1110. The second-order valence-electron chi connectivity index (χ2n) is 8.65. The summed E-state index contributed by atoms with van der Waals surface area (Å²) in [6.45, 7) is 6.76. The highest BCUT2D eigenvalue weighted by atomic mass is 127. The molecule has 0 radical (unpaired) electrons. The molecule has 1 aliphatic heterocycles. The number of nitrogens with zero attached hydrogens (tertiary/aromatic N) is 3. The number of nitrogens with one attached hydrogen (secondary N) is 2. The Morgan fingerprint density at radius 2 is 1.79 bits per heavy atom. The smallest absolute Gasteiger partial charge is 0.191 e. The minimum absolute atomic E-state index is 0. The van der Waals surface area contributed by atoms with Crippen LogP contribution in [0.3, 0.4) is 0 Å². The molecule has 2 aromatic carbocycles. The highest BCUT2D eigenvalue weighted by Gasteiger charge is 2.34. The molecule has 0 unspecified atom stereocenters. The molecule has 34 heavy (non-hydrogen) atoms. The first-order valence-corrected chi connectivity index (χ1v) is 11.4. The highest BCUT2D eigenvalue weighted by Crippen LogP contribution is 2.34. The van der Waals surface area contributed by atoms with Gasteiger partial charge in [-0.2, -0.15) is 5.10 Å². The van der Waals surface area contributed by atoms with Crippen molar-refractivity contribution >= 4 is 29.9 Å². The molecule has 1 aromatic heterocycles. The fourth-order valence-corrected chi connectivity index (χ4v) is 4.53. The number of hydrogen-bond acceptors (Lipinski definition) is 3. The summed E-state index contributed by atoms with van der Waals surface area (Å²) >= 11 is 0. The van der Waals surface area contributed by atoms with Gasteiger partial charge in [-0.05, 0) is 62.1 Å². The number of hydrogen-bond donors (Lipinski definition) is 2.